The van der Waals surface area contributed by atoms with E-state index in [9.17, 15) is 9.50 Å². The van der Waals surface area contributed by atoms with Gasteiger partial charge in [0.15, 0.2) is 5.15 Å². The van der Waals surface area contributed by atoms with Crippen molar-refractivity contribution < 1.29 is 9.50 Å². The Morgan fingerprint density at radius 3 is 2.79 bits per heavy atom. The molecule has 4 nitrogen and oxygen atoms in total. The van der Waals surface area contributed by atoms with Gasteiger partial charge in [0, 0.05) is 6.54 Å². The summed E-state index contributed by atoms with van der Waals surface area (Å²) in [7, 11) is 0. The van der Waals surface area contributed by atoms with E-state index in [1.807, 2.05) is 6.07 Å². The van der Waals surface area contributed by atoms with Gasteiger partial charge in [-0.2, -0.15) is 9.64 Å². The molecule has 98 valence electrons. The summed E-state index contributed by atoms with van der Waals surface area (Å²) in [5.74, 6) is -0.357. The highest BCUT2D eigenvalue weighted by Gasteiger charge is 2.13. The molecule has 0 bridgehead atoms. The van der Waals surface area contributed by atoms with E-state index in [0.29, 0.717) is 10.6 Å². The predicted octanol–water partition coefficient (Wildman–Crippen LogP) is 2.95. The second-order valence-corrected chi connectivity index (χ2v) is 4.87. The molecule has 1 aromatic carbocycles. The Balaban J connectivity index is 2.02. The van der Waals surface area contributed by atoms with Crippen LogP contribution in [-0.4, -0.2) is 16.0 Å². The van der Waals surface area contributed by atoms with Gasteiger partial charge < -0.3 is 10.4 Å². The number of halogens is 2. The molecule has 0 spiro atoms. The second-order valence-electron chi connectivity index (χ2n) is 3.74. The van der Waals surface area contributed by atoms with Gasteiger partial charge in [0.05, 0.1) is 6.10 Å². The third kappa shape index (κ3) is 3.20. The Morgan fingerprint density at radius 2 is 2.16 bits per heavy atom. The third-order valence-electron chi connectivity index (χ3n) is 2.47. The molecule has 2 aromatic rings. The summed E-state index contributed by atoms with van der Waals surface area (Å²) in [4.78, 5) is 0. The standard InChI is InChI=1S/C12H9ClFN3OS/c13-11-9(5-15)12(19-17-11)16-6-10(18)7-1-3-8(14)4-2-7/h1-4,10,16,18H,6H2/t10-/m1/s1. The average Bonchev–Trinajstić information content (AvgIpc) is 2.77. The second kappa shape index (κ2) is 5.97. The van der Waals surface area contributed by atoms with E-state index in [1.54, 1.807) is 0 Å². The van der Waals surface area contributed by atoms with E-state index < -0.39 is 6.10 Å². The number of aliphatic hydroxyl groups is 1. The van der Waals surface area contributed by atoms with Crippen molar-refractivity contribution in [1.29, 1.82) is 5.26 Å². The molecule has 7 heteroatoms. The summed E-state index contributed by atoms with van der Waals surface area (Å²) in [5, 5.41) is 22.4. The highest BCUT2D eigenvalue weighted by atomic mass is 35.5. The number of nitrogens with zero attached hydrogens (tertiary/aromatic N) is 2. The lowest BCUT2D eigenvalue weighted by Gasteiger charge is -2.11. The maximum Gasteiger partial charge on any atom is 0.162 e. The Bertz CT molecular complexity index is 608. The highest BCUT2D eigenvalue weighted by molar-refractivity contribution is 7.10. The van der Waals surface area contributed by atoms with Crippen molar-refractivity contribution >= 4 is 28.1 Å². The van der Waals surface area contributed by atoms with Crippen molar-refractivity contribution in [3.05, 3.63) is 46.4 Å². The molecule has 0 fully saturated rings. The summed E-state index contributed by atoms with van der Waals surface area (Å²) in [5.41, 5.74) is 0.848. The van der Waals surface area contributed by atoms with Crippen LogP contribution in [0.15, 0.2) is 24.3 Å². The molecule has 19 heavy (non-hydrogen) atoms. The fourth-order valence-corrected chi connectivity index (χ4v) is 2.42. The molecule has 1 heterocycles. The minimum absolute atomic E-state index is 0.145. The lowest BCUT2D eigenvalue weighted by atomic mass is 10.1. The molecule has 1 aromatic heterocycles. The first-order valence-electron chi connectivity index (χ1n) is 5.34. The summed E-state index contributed by atoms with van der Waals surface area (Å²) < 4.78 is 16.6. The molecular weight excluding hydrogens is 289 g/mol. The quantitative estimate of drug-likeness (QED) is 0.910. The van der Waals surface area contributed by atoms with Crippen LogP contribution in [0.3, 0.4) is 0 Å². The van der Waals surface area contributed by atoms with Crippen LogP contribution in [0.1, 0.15) is 17.2 Å². The molecule has 0 aliphatic rings. The van der Waals surface area contributed by atoms with E-state index in [0.717, 1.165) is 11.5 Å². The van der Waals surface area contributed by atoms with Crippen molar-refractivity contribution in [2.45, 2.75) is 6.10 Å². The van der Waals surface area contributed by atoms with Crippen molar-refractivity contribution in [3.8, 4) is 6.07 Å². The van der Waals surface area contributed by atoms with Gasteiger partial charge in [0.1, 0.15) is 22.5 Å². The van der Waals surface area contributed by atoms with Gasteiger partial charge in [-0.15, -0.1) is 0 Å². The van der Waals surface area contributed by atoms with E-state index in [4.69, 9.17) is 16.9 Å². The number of nitrogens with one attached hydrogen (secondary N) is 1. The van der Waals surface area contributed by atoms with Crippen LogP contribution in [0.25, 0.3) is 0 Å². The van der Waals surface area contributed by atoms with Gasteiger partial charge in [-0.3, -0.25) is 0 Å². The molecule has 2 N–H and O–H groups in total. The predicted molar refractivity (Wildman–Crippen MR) is 71.7 cm³/mol. The van der Waals surface area contributed by atoms with Crippen LogP contribution in [0.4, 0.5) is 9.39 Å². The molecule has 1 atom stereocenters. The summed E-state index contributed by atoms with van der Waals surface area (Å²) in [6.45, 7) is 0.179. The zero-order chi connectivity index (χ0) is 13.8. The van der Waals surface area contributed by atoms with E-state index in [-0.39, 0.29) is 23.1 Å². The lowest BCUT2D eigenvalue weighted by molar-refractivity contribution is 0.191. The molecule has 0 aliphatic heterocycles. The fraction of sp³-hybridized carbons (Fsp3) is 0.167. The fourth-order valence-electron chi connectivity index (χ4n) is 1.48. The molecule has 0 saturated carbocycles. The molecule has 0 radical (unpaired) electrons. The maximum absolute atomic E-state index is 12.7. The van der Waals surface area contributed by atoms with Gasteiger partial charge >= 0.3 is 0 Å². The number of hydrogen-bond donors (Lipinski definition) is 2. The summed E-state index contributed by atoms with van der Waals surface area (Å²) in [6.07, 6.45) is -0.812. The SMILES string of the molecule is N#Cc1c(Cl)nsc1NC[C@@H](O)c1ccc(F)cc1. The van der Waals surface area contributed by atoms with Gasteiger partial charge in [-0.05, 0) is 29.2 Å². The van der Waals surface area contributed by atoms with E-state index >= 15 is 0 Å². The first kappa shape index (κ1) is 13.7. The molecule has 2 rings (SSSR count). The third-order valence-corrected chi connectivity index (χ3v) is 3.65. The van der Waals surface area contributed by atoms with Gasteiger partial charge in [-0.25, -0.2) is 4.39 Å². The van der Waals surface area contributed by atoms with Crippen LogP contribution >= 0.6 is 23.1 Å². The number of aliphatic hydroxyl groups excluding tert-OH is 1. The van der Waals surface area contributed by atoms with Crippen molar-refractivity contribution in [1.82, 2.24) is 4.37 Å². The Labute approximate surface area is 118 Å². The zero-order valence-electron chi connectivity index (χ0n) is 9.60. The highest BCUT2D eigenvalue weighted by Crippen LogP contribution is 2.28. The number of anilines is 1. The van der Waals surface area contributed by atoms with Gasteiger partial charge in [0.2, 0.25) is 0 Å². The van der Waals surface area contributed by atoms with Crippen LogP contribution in [-0.2, 0) is 0 Å². The monoisotopic (exact) mass is 297 g/mol. The summed E-state index contributed by atoms with van der Waals surface area (Å²) in [6, 6.07) is 7.51. The minimum Gasteiger partial charge on any atom is -0.387 e. The van der Waals surface area contributed by atoms with Crippen LogP contribution in [0, 0.1) is 17.1 Å². The van der Waals surface area contributed by atoms with Crippen molar-refractivity contribution in [2.24, 2.45) is 0 Å². The molecular formula is C12H9ClFN3OS. The Hall–Kier alpha value is -1.68. The lowest BCUT2D eigenvalue weighted by Crippen LogP contribution is -2.12. The number of hydrogen-bond acceptors (Lipinski definition) is 5. The van der Waals surface area contributed by atoms with Crippen LogP contribution < -0.4 is 5.32 Å². The molecule has 0 saturated heterocycles. The number of nitriles is 1. The number of benzene rings is 1. The topological polar surface area (TPSA) is 68.9 Å². The Morgan fingerprint density at radius 1 is 1.47 bits per heavy atom. The minimum atomic E-state index is -0.812. The molecule has 0 unspecified atom stereocenters. The van der Waals surface area contributed by atoms with Crippen molar-refractivity contribution in [3.63, 3.8) is 0 Å². The average molecular weight is 298 g/mol. The van der Waals surface area contributed by atoms with Gasteiger partial charge in [0.25, 0.3) is 0 Å². The zero-order valence-corrected chi connectivity index (χ0v) is 11.2. The number of rotatable bonds is 4. The largest absolute Gasteiger partial charge is 0.387 e. The first-order valence-corrected chi connectivity index (χ1v) is 6.49. The number of aromatic nitrogens is 1. The van der Waals surface area contributed by atoms with E-state index in [1.165, 1.54) is 24.3 Å². The van der Waals surface area contributed by atoms with Crippen LogP contribution in [0.5, 0.6) is 0 Å². The van der Waals surface area contributed by atoms with Gasteiger partial charge in [-0.1, -0.05) is 23.7 Å². The molecule has 0 amide bonds. The van der Waals surface area contributed by atoms with Crippen LogP contribution in [0.2, 0.25) is 5.15 Å². The van der Waals surface area contributed by atoms with E-state index in [2.05, 4.69) is 9.69 Å². The normalized spacial score (nSPS) is 11.9. The summed E-state index contributed by atoms with van der Waals surface area (Å²) >= 11 is 6.78. The first-order chi connectivity index (χ1) is 9.11. The smallest absolute Gasteiger partial charge is 0.162 e. The molecule has 0 aliphatic carbocycles. The Kier molecular flexibility index (Phi) is 4.32. The maximum atomic E-state index is 12.7. The van der Waals surface area contributed by atoms with Crippen molar-refractivity contribution in [2.75, 3.05) is 11.9 Å².